The molecule has 162 valence electrons. The van der Waals surface area contributed by atoms with Gasteiger partial charge in [-0.3, -0.25) is 4.90 Å². The van der Waals surface area contributed by atoms with Gasteiger partial charge in [0.25, 0.3) is 0 Å². The van der Waals surface area contributed by atoms with Crippen molar-refractivity contribution in [3.63, 3.8) is 0 Å². The highest BCUT2D eigenvalue weighted by molar-refractivity contribution is 5.90. The smallest absolute Gasteiger partial charge is 0.414 e. The van der Waals surface area contributed by atoms with Crippen LogP contribution in [0.25, 0.3) is 5.57 Å². The summed E-state index contributed by atoms with van der Waals surface area (Å²) in [5.41, 5.74) is 3.25. The van der Waals surface area contributed by atoms with Crippen LogP contribution < -0.4 is 4.90 Å². The van der Waals surface area contributed by atoms with E-state index in [9.17, 15) is 9.90 Å². The zero-order valence-electron chi connectivity index (χ0n) is 18.6. The Kier molecular flexibility index (Phi) is 7.85. The lowest BCUT2D eigenvalue weighted by molar-refractivity contribution is 0.0573. The predicted octanol–water partition coefficient (Wildman–Crippen LogP) is 6.17. The molecule has 1 aliphatic heterocycles. The standard InChI is InChI=1S/C26H35NO3/c1-7-10-20(13-18-28)21-11-12-23-22(19-21)26(14-8-2,15-9-3)16-17-27(23)24(29)30-25(4,5)6/h7-9,11-13,19,28H,1-3,10,14-18H2,4-6H3/b20-13-. The molecule has 0 spiro atoms. The van der Waals surface area contributed by atoms with Crippen LogP contribution in [0.5, 0.6) is 0 Å². The molecule has 0 fully saturated rings. The highest BCUT2D eigenvalue weighted by atomic mass is 16.6. The molecular weight excluding hydrogens is 374 g/mol. The average Bonchev–Trinajstić information content (AvgIpc) is 2.67. The van der Waals surface area contributed by atoms with Crippen LogP contribution in [0.3, 0.4) is 0 Å². The Morgan fingerprint density at radius 1 is 1.20 bits per heavy atom. The number of ether oxygens (including phenoxy) is 1. The van der Waals surface area contributed by atoms with E-state index in [0.717, 1.165) is 41.6 Å². The van der Waals surface area contributed by atoms with Crippen molar-refractivity contribution in [3.05, 3.63) is 73.4 Å². The van der Waals surface area contributed by atoms with Gasteiger partial charge in [0.1, 0.15) is 5.60 Å². The van der Waals surface area contributed by atoms with Gasteiger partial charge in [0.05, 0.1) is 12.3 Å². The molecule has 0 aromatic heterocycles. The fraction of sp³-hybridized carbons (Fsp3) is 0.423. The van der Waals surface area contributed by atoms with Gasteiger partial charge in [-0.2, -0.15) is 0 Å². The maximum atomic E-state index is 12.9. The van der Waals surface area contributed by atoms with Gasteiger partial charge in [0.2, 0.25) is 0 Å². The third kappa shape index (κ3) is 5.31. The molecular formula is C26H35NO3. The summed E-state index contributed by atoms with van der Waals surface area (Å²) in [7, 11) is 0. The number of aliphatic hydroxyl groups is 1. The van der Waals surface area contributed by atoms with Gasteiger partial charge in [0.15, 0.2) is 0 Å². The van der Waals surface area contributed by atoms with Crippen LogP contribution in [0.4, 0.5) is 10.5 Å². The molecule has 1 aromatic rings. The van der Waals surface area contributed by atoms with Crippen LogP contribution in [0.1, 0.15) is 57.6 Å². The molecule has 0 aliphatic carbocycles. The number of amides is 1. The highest BCUT2D eigenvalue weighted by Crippen LogP contribution is 2.46. The van der Waals surface area contributed by atoms with Crippen molar-refractivity contribution in [1.29, 1.82) is 0 Å². The quantitative estimate of drug-likeness (QED) is 0.522. The lowest BCUT2D eigenvalue weighted by atomic mass is 9.69. The Morgan fingerprint density at radius 3 is 2.40 bits per heavy atom. The number of benzene rings is 1. The Labute approximate surface area is 181 Å². The summed E-state index contributed by atoms with van der Waals surface area (Å²) in [4.78, 5) is 14.7. The van der Waals surface area contributed by atoms with Crippen molar-refractivity contribution in [2.45, 2.75) is 57.5 Å². The summed E-state index contributed by atoms with van der Waals surface area (Å²) >= 11 is 0. The van der Waals surface area contributed by atoms with E-state index in [0.29, 0.717) is 13.0 Å². The highest BCUT2D eigenvalue weighted by Gasteiger charge is 2.40. The van der Waals surface area contributed by atoms with Crippen molar-refractivity contribution in [3.8, 4) is 0 Å². The molecule has 0 unspecified atom stereocenters. The minimum Gasteiger partial charge on any atom is -0.443 e. The van der Waals surface area contributed by atoms with Gasteiger partial charge < -0.3 is 9.84 Å². The summed E-state index contributed by atoms with van der Waals surface area (Å²) in [6, 6.07) is 6.13. The van der Waals surface area contributed by atoms with Gasteiger partial charge in [-0.1, -0.05) is 30.4 Å². The third-order valence-corrected chi connectivity index (χ3v) is 5.43. The van der Waals surface area contributed by atoms with E-state index in [4.69, 9.17) is 4.74 Å². The van der Waals surface area contributed by atoms with Gasteiger partial charge in [0, 0.05) is 12.0 Å². The number of anilines is 1. The van der Waals surface area contributed by atoms with Crippen LogP contribution in [-0.4, -0.2) is 30.0 Å². The molecule has 1 N–H and O–H groups in total. The lowest BCUT2D eigenvalue weighted by Crippen LogP contribution is -2.45. The first kappa shape index (κ1) is 23.7. The Bertz CT molecular complexity index is 819. The van der Waals surface area contributed by atoms with E-state index in [1.165, 1.54) is 0 Å². The molecule has 4 nitrogen and oxygen atoms in total. The van der Waals surface area contributed by atoms with E-state index >= 15 is 0 Å². The predicted molar refractivity (Wildman–Crippen MR) is 126 cm³/mol. The van der Waals surface area contributed by atoms with Crippen LogP contribution in [-0.2, 0) is 10.2 Å². The average molecular weight is 410 g/mol. The fourth-order valence-corrected chi connectivity index (χ4v) is 4.13. The fourth-order valence-electron chi connectivity index (χ4n) is 4.13. The minimum absolute atomic E-state index is 0.0330. The number of allylic oxidation sites excluding steroid dienone is 4. The molecule has 1 amide bonds. The first-order chi connectivity index (χ1) is 14.2. The van der Waals surface area contributed by atoms with Crippen molar-refractivity contribution < 1.29 is 14.6 Å². The van der Waals surface area contributed by atoms with Crippen LogP contribution in [0.15, 0.2) is 62.2 Å². The van der Waals surface area contributed by atoms with E-state index in [-0.39, 0.29) is 18.1 Å². The van der Waals surface area contributed by atoms with Gasteiger partial charge in [-0.15, -0.1) is 19.7 Å². The number of carbonyl (C=O) groups excluding carboxylic acids is 1. The van der Waals surface area contributed by atoms with E-state index in [1.807, 2.05) is 51.1 Å². The maximum absolute atomic E-state index is 12.9. The monoisotopic (exact) mass is 409 g/mol. The lowest BCUT2D eigenvalue weighted by Gasteiger charge is -2.43. The summed E-state index contributed by atoms with van der Waals surface area (Å²) in [5.74, 6) is 0. The number of hydrogen-bond donors (Lipinski definition) is 1. The molecule has 0 saturated carbocycles. The largest absolute Gasteiger partial charge is 0.443 e. The third-order valence-electron chi connectivity index (χ3n) is 5.43. The van der Waals surface area contributed by atoms with Crippen molar-refractivity contribution in [1.82, 2.24) is 0 Å². The molecule has 0 atom stereocenters. The van der Waals surface area contributed by atoms with E-state index in [1.54, 1.807) is 11.0 Å². The van der Waals surface area contributed by atoms with E-state index < -0.39 is 5.60 Å². The summed E-state index contributed by atoms with van der Waals surface area (Å²) in [5, 5.41) is 9.45. The molecule has 2 rings (SSSR count). The summed E-state index contributed by atoms with van der Waals surface area (Å²) in [6.07, 6.45) is 10.2. The molecule has 1 aliphatic rings. The van der Waals surface area contributed by atoms with Crippen molar-refractivity contribution in [2.75, 3.05) is 18.1 Å². The second-order valence-corrected chi connectivity index (χ2v) is 8.78. The molecule has 0 saturated heterocycles. The summed E-state index contributed by atoms with van der Waals surface area (Å²) < 4.78 is 5.67. The second-order valence-electron chi connectivity index (χ2n) is 8.78. The molecule has 1 heterocycles. The van der Waals surface area contributed by atoms with Crippen LogP contribution in [0.2, 0.25) is 0 Å². The number of fused-ring (bicyclic) bond motifs is 1. The molecule has 1 aromatic carbocycles. The minimum atomic E-state index is -0.561. The number of rotatable bonds is 8. The topological polar surface area (TPSA) is 49.8 Å². The molecule has 4 heteroatoms. The van der Waals surface area contributed by atoms with E-state index in [2.05, 4.69) is 25.8 Å². The number of aliphatic hydroxyl groups excluding tert-OH is 1. The number of carbonyl (C=O) groups is 1. The first-order valence-electron chi connectivity index (χ1n) is 10.5. The SMILES string of the molecule is C=CC/C(=C/CO)c1ccc2c(c1)C(CC=C)(CC=C)CCN2C(=O)OC(C)(C)C. The maximum Gasteiger partial charge on any atom is 0.414 e. The van der Waals surface area contributed by atoms with Gasteiger partial charge in [-0.25, -0.2) is 4.79 Å². The zero-order chi connectivity index (χ0) is 22.4. The second kappa shape index (κ2) is 9.94. The van der Waals surface area contributed by atoms with Crippen molar-refractivity contribution >= 4 is 17.4 Å². The number of hydrogen-bond acceptors (Lipinski definition) is 3. The van der Waals surface area contributed by atoms with Gasteiger partial charge >= 0.3 is 6.09 Å². The number of nitrogens with zero attached hydrogens (tertiary/aromatic N) is 1. The molecule has 30 heavy (non-hydrogen) atoms. The zero-order valence-corrected chi connectivity index (χ0v) is 18.6. The van der Waals surface area contributed by atoms with Crippen molar-refractivity contribution in [2.24, 2.45) is 0 Å². The first-order valence-corrected chi connectivity index (χ1v) is 10.5. The van der Waals surface area contributed by atoms with Crippen LogP contribution in [0, 0.1) is 0 Å². The van der Waals surface area contributed by atoms with Gasteiger partial charge in [-0.05, 0) is 75.3 Å². The Hall–Kier alpha value is -2.59. The molecule has 0 radical (unpaired) electrons. The summed E-state index contributed by atoms with van der Waals surface area (Å²) in [6.45, 7) is 18.0. The van der Waals surface area contributed by atoms with Crippen LogP contribution >= 0.6 is 0 Å². The molecule has 0 bridgehead atoms. The normalized spacial score (nSPS) is 15.9. The Morgan fingerprint density at radius 2 is 1.87 bits per heavy atom. The Balaban J connectivity index is 2.64.